The number of halogens is 7. The average Bonchev–Trinajstić information content (AvgIpc) is 2.50. The largest absolute Gasteiger partial charge is 0.462 e. The monoisotopic (exact) mass is 360 g/mol. The second-order valence-electron chi connectivity index (χ2n) is 5.09. The number of hydrogen-bond acceptors (Lipinski definition) is 2. The third-order valence-corrected chi connectivity index (χ3v) is 3.19. The second-order valence-corrected chi connectivity index (χ2v) is 5.09. The molecule has 0 saturated carbocycles. The molecule has 0 aliphatic carbocycles. The van der Waals surface area contributed by atoms with Gasteiger partial charge in [-0.15, -0.1) is 0 Å². The Labute approximate surface area is 133 Å². The molecule has 9 heteroatoms. The predicted octanol–water partition coefficient (Wildman–Crippen LogP) is 5.24. The highest BCUT2D eigenvalue weighted by atomic mass is 19.4. The Balaban J connectivity index is 2.30. The molecule has 1 rings (SSSR count). The van der Waals surface area contributed by atoms with E-state index < -0.39 is 36.8 Å². The van der Waals surface area contributed by atoms with Crippen molar-refractivity contribution in [2.45, 2.75) is 43.7 Å². The first-order valence-electron chi connectivity index (χ1n) is 7.03. The maximum absolute atomic E-state index is 13.0. The van der Waals surface area contributed by atoms with Gasteiger partial charge < -0.3 is 4.74 Å². The van der Waals surface area contributed by atoms with Crippen LogP contribution in [-0.4, -0.2) is 30.6 Å². The Morgan fingerprint density at radius 2 is 1.46 bits per heavy atom. The lowest BCUT2D eigenvalue weighted by atomic mass is 10.0. The molecular weight excluding hydrogens is 345 g/mol. The number of unbranched alkanes of at least 4 members (excludes halogenated alkanes) is 2. The van der Waals surface area contributed by atoms with Crippen molar-refractivity contribution in [1.29, 1.82) is 0 Å². The van der Waals surface area contributed by atoms with Gasteiger partial charge in [-0.05, 0) is 31.4 Å². The summed E-state index contributed by atoms with van der Waals surface area (Å²) in [7, 11) is 0. The Hall–Kier alpha value is -1.80. The van der Waals surface area contributed by atoms with Crippen LogP contribution in [0.5, 0.6) is 0 Å². The fraction of sp³-hybridized carbons (Fsp3) is 0.533. The zero-order valence-electron chi connectivity index (χ0n) is 12.4. The summed E-state index contributed by atoms with van der Waals surface area (Å²) < 4.78 is 91.9. The van der Waals surface area contributed by atoms with Crippen LogP contribution in [0.15, 0.2) is 30.3 Å². The highest BCUT2D eigenvalue weighted by Crippen LogP contribution is 2.48. The van der Waals surface area contributed by atoms with E-state index in [9.17, 15) is 35.5 Å². The van der Waals surface area contributed by atoms with Crippen molar-refractivity contribution in [3.63, 3.8) is 0 Å². The molecule has 0 aromatic heterocycles. The van der Waals surface area contributed by atoms with Crippen LogP contribution in [0, 0.1) is 0 Å². The molecule has 0 bridgehead atoms. The van der Waals surface area contributed by atoms with Gasteiger partial charge in [-0.3, -0.25) is 0 Å². The summed E-state index contributed by atoms with van der Waals surface area (Å²) in [6.45, 7) is -0.144. The van der Waals surface area contributed by atoms with Gasteiger partial charge in [0.2, 0.25) is 0 Å². The van der Waals surface area contributed by atoms with E-state index in [1.54, 1.807) is 18.2 Å². The summed E-state index contributed by atoms with van der Waals surface area (Å²) in [5.74, 6) is -11.9. The molecule has 0 N–H and O–H groups in total. The van der Waals surface area contributed by atoms with Crippen LogP contribution < -0.4 is 0 Å². The van der Waals surface area contributed by atoms with Crippen molar-refractivity contribution < 1.29 is 40.3 Å². The maximum atomic E-state index is 13.0. The lowest BCUT2D eigenvalue weighted by Crippen LogP contribution is -2.51. The van der Waals surface area contributed by atoms with Gasteiger partial charge in [0.1, 0.15) is 0 Å². The van der Waals surface area contributed by atoms with Gasteiger partial charge >= 0.3 is 24.0 Å². The van der Waals surface area contributed by atoms with Crippen LogP contribution in [0.4, 0.5) is 30.7 Å². The topological polar surface area (TPSA) is 26.3 Å². The molecule has 1 aromatic rings. The zero-order chi connectivity index (χ0) is 18.4. The molecule has 0 unspecified atom stereocenters. The van der Waals surface area contributed by atoms with Gasteiger partial charge in [0, 0.05) is 6.42 Å². The van der Waals surface area contributed by atoms with E-state index >= 15 is 0 Å². The van der Waals surface area contributed by atoms with E-state index in [-0.39, 0.29) is 25.0 Å². The molecular formula is C15H15F7O2. The molecule has 0 saturated heterocycles. The zero-order valence-corrected chi connectivity index (χ0v) is 12.4. The molecule has 0 atom stereocenters. The number of ether oxygens (including phenoxy) is 1. The molecule has 2 nitrogen and oxygen atoms in total. The van der Waals surface area contributed by atoms with Gasteiger partial charge in [-0.1, -0.05) is 18.2 Å². The Kier molecular flexibility index (Phi) is 6.62. The number of benzene rings is 1. The summed E-state index contributed by atoms with van der Waals surface area (Å²) in [6.07, 6.45) is -8.47. The van der Waals surface area contributed by atoms with E-state index in [1.165, 1.54) is 12.1 Å². The maximum Gasteiger partial charge on any atom is 0.459 e. The lowest BCUT2D eigenvalue weighted by molar-refractivity contribution is -0.355. The molecule has 136 valence electrons. The fourth-order valence-corrected chi connectivity index (χ4v) is 1.81. The lowest BCUT2D eigenvalue weighted by Gasteiger charge is -2.28. The van der Waals surface area contributed by atoms with Crippen LogP contribution in [0.2, 0.25) is 0 Å². The van der Waals surface area contributed by atoms with Crippen LogP contribution >= 0.6 is 0 Å². The van der Waals surface area contributed by atoms with Crippen molar-refractivity contribution in [1.82, 2.24) is 0 Å². The van der Waals surface area contributed by atoms with Gasteiger partial charge in [0.15, 0.2) is 0 Å². The van der Waals surface area contributed by atoms with Crippen LogP contribution in [0.25, 0.3) is 0 Å². The van der Waals surface area contributed by atoms with Crippen molar-refractivity contribution in [3.05, 3.63) is 35.9 Å². The molecule has 0 fully saturated rings. The molecule has 0 heterocycles. The first-order chi connectivity index (χ1) is 11.0. The quantitative estimate of drug-likeness (QED) is 0.360. The van der Waals surface area contributed by atoms with Crippen LogP contribution in [0.1, 0.15) is 36.0 Å². The number of carbonyl (C=O) groups excluding carboxylic acids is 1. The number of carbonyl (C=O) groups is 1. The van der Waals surface area contributed by atoms with Crippen molar-refractivity contribution in [2.75, 3.05) is 6.61 Å². The normalized spacial score (nSPS) is 13.0. The van der Waals surface area contributed by atoms with Crippen LogP contribution in [-0.2, 0) is 4.74 Å². The third-order valence-electron chi connectivity index (χ3n) is 3.19. The SMILES string of the molecule is O=C(OCCCCCC(F)(F)C(F)(F)C(F)(F)F)c1ccccc1. The summed E-state index contributed by atoms with van der Waals surface area (Å²) in [6, 6.07) is 7.91. The summed E-state index contributed by atoms with van der Waals surface area (Å²) in [5.41, 5.74) is 0.286. The fourth-order valence-electron chi connectivity index (χ4n) is 1.81. The summed E-state index contributed by atoms with van der Waals surface area (Å²) in [5, 5.41) is 0. The third kappa shape index (κ3) is 5.10. The molecule has 0 spiro atoms. The van der Waals surface area contributed by atoms with Crippen molar-refractivity contribution in [3.8, 4) is 0 Å². The Bertz CT molecular complexity index is 526. The Morgan fingerprint density at radius 3 is 2.00 bits per heavy atom. The minimum atomic E-state index is -6.30. The van der Waals surface area contributed by atoms with Gasteiger partial charge in [0.05, 0.1) is 12.2 Å². The molecule has 24 heavy (non-hydrogen) atoms. The first kappa shape index (κ1) is 20.2. The minimum absolute atomic E-state index is 0.0756. The van der Waals surface area contributed by atoms with E-state index in [1.807, 2.05) is 0 Å². The van der Waals surface area contributed by atoms with E-state index in [0.29, 0.717) is 0 Å². The highest BCUT2D eigenvalue weighted by Gasteiger charge is 2.72. The number of hydrogen-bond donors (Lipinski definition) is 0. The standard InChI is InChI=1S/C15H15F7O2/c16-13(17,14(18,19)15(20,21)22)9-5-2-6-10-24-12(23)11-7-3-1-4-8-11/h1,3-4,7-8H,2,5-6,9-10H2. The van der Waals surface area contributed by atoms with Crippen molar-refractivity contribution >= 4 is 5.97 Å². The second kappa shape index (κ2) is 7.85. The van der Waals surface area contributed by atoms with E-state index in [2.05, 4.69) is 0 Å². The molecule has 0 radical (unpaired) electrons. The first-order valence-corrected chi connectivity index (χ1v) is 7.03. The number of alkyl halides is 7. The Morgan fingerprint density at radius 1 is 0.875 bits per heavy atom. The number of esters is 1. The van der Waals surface area contributed by atoms with Crippen molar-refractivity contribution in [2.24, 2.45) is 0 Å². The molecule has 0 aliphatic rings. The van der Waals surface area contributed by atoms with E-state index in [4.69, 9.17) is 4.74 Å². The van der Waals surface area contributed by atoms with Gasteiger partial charge in [-0.25, -0.2) is 4.79 Å². The molecule has 1 aromatic carbocycles. The number of rotatable bonds is 8. The summed E-state index contributed by atoms with van der Waals surface area (Å²) >= 11 is 0. The minimum Gasteiger partial charge on any atom is -0.462 e. The highest BCUT2D eigenvalue weighted by molar-refractivity contribution is 5.89. The predicted molar refractivity (Wildman–Crippen MR) is 71.1 cm³/mol. The summed E-state index contributed by atoms with van der Waals surface area (Å²) in [4.78, 5) is 11.5. The smallest absolute Gasteiger partial charge is 0.459 e. The van der Waals surface area contributed by atoms with Crippen LogP contribution in [0.3, 0.4) is 0 Å². The van der Waals surface area contributed by atoms with E-state index in [0.717, 1.165) is 0 Å². The molecule has 0 amide bonds. The average molecular weight is 360 g/mol. The molecule has 0 aliphatic heterocycles. The van der Waals surface area contributed by atoms with Gasteiger partial charge in [0.25, 0.3) is 0 Å². The van der Waals surface area contributed by atoms with Gasteiger partial charge in [-0.2, -0.15) is 30.7 Å².